The highest BCUT2D eigenvalue weighted by Gasteiger charge is 2.17. The number of likely N-dealkylation sites (N-methyl/N-ethyl adjacent to an activating group) is 1. The molecule has 0 bridgehead atoms. The third-order valence-corrected chi connectivity index (χ3v) is 3.45. The van der Waals surface area contributed by atoms with Gasteiger partial charge in [0.1, 0.15) is 11.7 Å². The molecule has 2 N–H and O–H groups in total. The van der Waals surface area contributed by atoms with Crippen molar-refractivity contribution >= 4 is 11.9 Å². The molecule has 21 heavy (non-hydrogen) atoms. The van der Waals surface area contributed by atoms with Crippen LogP contribution in [-0.4, -0.2) is 34.6 Å². The summed E-state index contributed by atoms with van der Waals surface area (Å²) in [6, 6.07) is 9.13. The van der Waals surface area contributed by atoms with Gasteiger partial charge in [0.2, 0.25) is 5.43 Å². The summed E-state index contributed by atoms with van der Waals surface area (Å²) in [6.45, 7) is 0.758. The van der Waals surface area contributed by atoms with Crippen molar-refractivity contribution in [2.45, 2.75) is 12.5 Å². The summed E-state index contributed by atoms with van der Waals surface area (Å²) in [5.74, 6) is 0. The van der Waals surface area contributed by atoms with Gasteiger partial charge in [0.05, 0.1) is 12.8 Å². The Kier molecular flexibility index (Phi) is 3.43. The summed E-state index contributed by atoms with van der Waals surface area (Å²) < 4.78 is 1.79. The Hall–Kier alpha value is -2.63. The molecule has 1 aliphatic rings. The maximum Gasteiger partial charge on any atom is 0.203 e. The fourth-order valence-corrected chi connectivity index (χ4v) is 2.37. The van der Waals surface area contributed by atoms with Crippen molar-refractivity contribution < 1.29 is 0 Å². The topological polar surface area (TPSA) is 76.5 Å². The Morgan fingerprint density at radius 3 is 2.95 bits per heavy atom. The number of aromatic nitrogens is 2. The maximum absolute atomic E-state index is 12.0. The molecule has 1 unspecified atom stereocenters. The molecule has 1 aromatic heterocycles. The summed E-state index contributed by atoms with van der Waals surface area (Å²) in [5.41, 5.74) is 7.90. The second kappa shape index (κ2) is 5.40. The van der Waals surface area contributed by atoms with Gasteiger partial charge in [-0.2, -0.15) is 10.2 Å². The molecule has 0 amide bonds. The van der Waals surface area contributed by atoms with Crippen LogP contribution in [0.3, 0.4) is 0 Å². The van der Waals surface area contributed by atoms with Crippen LogP contribution < -0.4 is 11.2 Å². The molecule has 0 radical (unpaired) electrons. The summed E-state index contributed by atoms with van der Waals surface area (Å²) in [7, 11) is 1.91. The second-order valence-corrected chi connectivity index (χ2v) is 5.20. The molecule has 0 fully saturated rings. The third kappa shape index (κ3) is 2.94. The number of nitrogens with zero attached hydrogens (tertiary/aromatic N) is 4. The van der Waals surface area contributed by atoms with Gasteiger partial charge in [-0.1, -0.05) is 12.1 Å². The number of hydrogen-bond donors (Lipinski definition) is 1. The zero-order valence-corrected chi connectivity index (χ0v) is 11.8. The smallest absolute Gasteiger partial charge is 0.203 e. The SMILES string of the molecule is CN1CC(n2ccc(=O)c(Cc3cccc(N)c3)n2)C=N1. The Balaban J connectivity index is 1.88. The van der Waals surface area contributed by atoms with E-state index in [-0.39, 0.29) is 11.5 Å². The fourth-order valence-electron chi connectivity index (χ4n) is 2.37. The Morgan fingerprint density at radius 2 is 2.24 bits per heavy atom. The minimum absolute atomic E-state index is 0.0584. The third-order valence-electron chi connectivity index (χ3n) is 3.45. The maximum atomic E-state index is 12.0. The summed E-state index contributed by atoms with van der Waals surface area (Å²) in [4.78, 5) is 12.0. The molecule has 6 nitrogen and oxygen atoms in total. The highest BCUT2D eigenvalue weighted by Crippen LogP contribution is 2.12. The van der Waals surface area contributed by atoms with Crippen molar-refractivity contribution in [1.82, 2.24) is 14.8 Å². The lowest BCUT2D eigenvalue weighted by Crippen LogP contribution is -2.24. The van der Waals surface area contributed by atoms with E-state index in [0.717, 1.165) is 12.1 Å². The van der Waals surface area contributed by atoms with E-state index < -0.39 is 0 Å². The largest absolute Gasteiger partial charge is 0.399 e. The molecule has 2 aromatic rings. The summed E-state index contributed by atoms with van der Waals surface area (Å²) in [6.07, 6.45) is 4.02. The minimum Gasteiger partial charge on any atom is -0.399 e. The van der Waals surface area contributed by atoms with E-state index in [1.807, 2.05) is 42.5 Å². The fraction of sp³-hybridized carbons (Fsp3) is 0.267. The molecule has 1 atom stereocenters. The number of benzene rings is 1. The Morgan fingerprint density at radius 1 is 1.38 bits per heavy atom. The van der Waals surface area contributed by atoms with E-state index in [2.05, 4.69) is 10.2 Å². The van der Waals surface area contributed by atoms with Gasteiger partial charge in [0, 0.05) is 31.4 Å². The van der Waals surface area contributed by atoms with Crippen LogP contribution in [0.2, 0.25) is 0 Å². The number of nitrogens with two attached hydrogens (primary N) is 1. The molecule has 0 saturated heterocycles. The molecular weight excluding hydrogens is 266 g/mol. The number of hydrogen-bond acceptors (Lipinski definition) is 5. The van der Waals surface area contributed by atoms with Gasteiger partial charge in [-0.3, -0.25) is 14.5 Å². The first-order valence-electron chi connectivity index (χ1n) is 6.80. The first-order valence-corrected chi connectivity index (χ1v) is 6.80. The van der Waals surface area contributed by atoms with E-state index in [1.54, 1.807) is 16.9 Å². The lowest BCUT2D eigenvalue weighted by molar-refractivity contribution is 0.348. The molecule has 0 aliphatic carbocycles. The van der Waals surface area contributed by atoms with Gasteiger partial charge in [0.25, 0.3) is 0 Å². The Bertz CT molecular complexity index is 737. The van der Waals surface area contributed by atoms with Crippen LogP contribution in [0.4, 0.5) is 5.69 Å². The van der Waals surface area contributed by atoms with Crippen molar-refractivity contribution in [1.29, 1.82) is 0 Å². The van der Waals surface area contributed by atoms with Crippen LogP contribution in [0.5, 0.6) is 0 Å². The average Bonchev–Trinajstić information content (AvgIpc) is 2.88. The molecule has 108 valence electrons. The predicted molar refractivity (Wildman–Crippen MR) is 82.3 cm³/mol. The van der Waals surface area contributed by atoms with Gasteiger partial charge in [-0.25, -0.2) is 0 Å². The van der Waals surface area contributed by atoms with Crippen LogP contribution in [0, 0.1) is 0 Å². The highest BCUT2D eigenvalue weighted by atomic mass is 16.1. The first kappa shape index (κ1) is 13.4. The predicted octanol–water partition coefficient (Wildman–Crippen LogP) is 0.889. The van der Waals surface area contributed by atoms with Crippen LogP contribution in [0.25, 0.3) is 0 Å². The second-order valence-electron chi connectivity index (χ2n) is 5.20. The number of nitrogen functional groups attached to an aromatic ring is 1. The van der Waals surface area contributed by atoms with Crippen molar-refractivity contribution in [3.63, 3.8) is 0 Å². The van der Waals surface area contributed by atoms with Crippen molar-refractivity contribution in [3.05, 3.63) is 58.0 Å². The monoisotopic (exact) mass is 283 g/mol. The van der Waals surface area contributed by atoms with Gasteiger partial charge in [0.15, 0.2) is 0 Å². The van der Waals surface area contributed by atoms with Gasteiger partial charge in [-0.15, -0.1) is 0 Å². The first-order chi connectivity index (χ1) is 10.1. The van der Waals surface area contributed by atoms with Crippen molar-refractivity contribution in [3.8, 4) is 0 Å². The van der Waals surface area contributed by atoms with E-state index in [0.29, 0.717) is 17.8 Å². The average molecular weight is 283 g/mol. The quantitative estimate of drug-likeness (QED) is 0.849. The van der Waals surface area contributed by atoms with Crippen LogP contribution in [-0.2, 0) is 6.42 Å². The van der Waals surface area contributed by atoms with Crippen LogP contribution >= 0.6 is 0 Å². The molecule has 2 heterocycles. The number of rotatable bonds is 3. The molecular formula is C15H17N5O. The molecule has 1 aromatic carbocycles. The van der Waals surface area contributed by atoms with Crippen LogP contribution in [0.1, 0.15) is 17.3 Å². The number of anilines is 1. The molecule has 1 aliphatic heterocycles. The Labute approximate surface area is 122 Å². The highest BCUT2D eigenvalue weighted by molar-refractivity contribution is 5.64. The zero-order valence-electron chi connectivity index (χ0n) is 11.8. The standard InChI is InChI=1S/C15H17N5O/c1-19-10-13(9-17-19)20-6-5-15(21)14(18-20)8-11-3-2-4-12(16)7-11/h2-7,9,13H,8,10,16H2,1H3. The normalized spacial score (nSPS) is 17.4. The van der Waals surface area contributed by atoms with Crippen molar-refractivity contribution in [2.75, 3.05) is 19.3 Å². The lowest BCUT2D eigenvalue weighted by atomic mass is 10.1. The number of hydrazone groups is 1. The van der Waals surface area contributed by atoms with E-state index in [1.165, 1.54) is 0 Å². The van der Waals surface area contributed by atoms with Crippen molar-refractivity contribution in [2.24, 2.45) is 5.10 Å². The lowest BCUT2D eigenvalue weighted by Gasteiger charge is -2.13. The van der Waals surface area contributed by atoms with Gasteiger partial charge < -0.3 is 5.73 Å². The molecule has 3 rings (SSSR count). The van der Waals surface area contributed by atoms with Crippen LogP contribution in [0.15, 0.2) is 46.4 Å². The van der Waals surface area contributed by atoms with Gasteiger partial charge in [-0.05, 0) is 17.7 Å². The molecule has 6 heteroatoms. The summed E-state index contributed by atoms with van der Waals surface area (Å²) in [5, 5.41) is 10.5. The molecule has 0 spiro atoms. The molecule has 0 saturated carbocycles. The van der Waals surface area contributed by atoms with E-state index >= 15 is 0 Å². The summed E-state index contributed by atoms with van der Waals surface area (Å²) >= 11 is 0. The van der Waals surface area contributed by atoms with Gasteiger partial charge >= 0.3 is 0 Å². The van der Waals surface area contributed by atoms with E-state index in [4.69, 9.17) is 5.73 Å². The minimum atomic E-state index is -0.0584. The van der Waals surface area contributed by atoms with E-state index in [9.17, 15) is 4.79 Å². The zero-order chi connectivity index (χ0) is 14.8.